The Morgan fingerprint density at radius 1 is 1.40 bits per heavy atom. The van der Waals surface area contributed by atoms with E-state index >= 15 is 0 Å². The minimum Gasteiger partial charge on any atom is -0.342 e. The quantitative estimate of drug-likeness (QED) is 0.709. The van der Waals surface area contributed by atoms with Crippen molar-refractivity contribution in [2.24, 2.45) is 11.8 Å². The predicted octanol–water partition coefficient (Wildman–Crippen LogP) is 2.81. The van der Waals surface area contributed by atoms with Gasteiger partial charge in [-0.2, -0.15) is 0 Å². The highest BCUT2D eigenvalue weighted by Gasteiger charge is 2.29. The Morgan fingerprint density at radius 3 is 2.67 bits per heavy atom. The van der Waals surface area contributed by atoms with E-state index in [-0.39, 0.29) is 0 Å². The number of carbonyl (C=O) groups is 1. The molecule has 2 nitrogen and oxygen atoms in total. The van der Waals surface area contributed by atoms with E-state index in [1.807, 2.05) is 0 Å². The molecule has 86 valence electrons. The Kier molecular flexibility index (Phi) is 3.70. The lowest BCUT2D eigenvalue weighted by atomic mass is 9.82. The zero-order chi connectivity index (χ0) is 10.8. The maximum atomic E-state index is 12.0. The number of likely N-dealkylation sites (tertiary alicyclic amines) is 1. The van der Waals surface area contributed by atoms with Crippen LogP contribution in [0.2, 0.25) is 0 Å². The lowest BCUT2D eigenvalue weighted by Crippen LogP contribution is -2.44. The van der Waals surface area contributed by atoms with Crippen LogP contribution in [0.5, 0.6) is 0 Å². The first-order valence-electron chi connectivity index (χ1n) is 6.08. The Morgan fingerprint density at radius 2 is 2.13 bits per heavy atom. The van der Waals surface area contributed by atoms with Gasteiger partial charge in [0.05, 0.1) is 0 Å². The van der Waals surface area contributed by atoms with Gasteiger partial charge in [-0.15, -0.1) is 0 Å². The van der Waals surface area contributed by atoms with Crippen molar-refractivity contribution in [2.75, 3.05) is 13.1 Å². The standard InChI is InChI=1S/C12H20BrNO/c1-9-8-14(6-5-11(9)13)12(15)7-10-3-2-4-10/h9-11H,2-8H2,1H3. The van der Waals surface area contributed by atoms with Gasteiger partial charge >= 0.3 is 0 Å². The second-order valence-electron chi connectivity index (χ2n) is 5.12. The van der Waals surface area contributed by atoms with E-state index in [2.05, 4.69) is 27.8 Å². The molecular formula is C12H20BrNO. The Hall–Kier alpha value is -0.0500. The predicted molar refractivity (Wildman–Crippen MR) is 65.0 cm³/mol. The normalized spacial score (nSPS) is 32.5. The average molecular weight is 274 g/mol. The van der Waals surface area contributed by atoms with Crippen LogP contribution in [-0.2, 0) is 4.79 Å². The van der Waals surface area contributed by atoms with Gasteiger partial charge in [0.2, 0.25) is 5.91 Å². The lowest BCUT2D eigenvalue weighted by molar-refractivity contribution is -0.134. The summed E-state index contributed by atoms with van der Waals surface area (Å²) in [7, 11) is 0. The topological polar surface area (TPSA) is 20.3 Å². The molecule has 0 aromatic rings. The van der Waals surface area contributed by atoms with Crippen LogP contribution in [0.15, 0.2) is 0 Å². The SMILES string of the molecule is CC1CN(C(=O)CC2CCC2)CCC1Br. The molecule has 2 fully saturated rings. The summed E-state index contributed by atoms with van der Waals surface area (Å²) >= 11 is 3.67. The maximum absolute atomic E-state index is 12.0. The van der Waals surface area contributed by atoms with Crippen molar-refractivity contribution in [3.8, 4) is 0 Å². The molecule has 0 spiro atoms. The molecule has 0 aromatic heterocycles. The first-order chi connectivity index (χ1) is 7.16. The minimum absolute atomic E-state index is 0.394. The molecule has 0 radical (unpaired) electrons. The molecule has 2 aliphatic rings. The molecule has 0 bridgehead atoms. The van der Waals surface area contributed by atoms with Crippen molar-refractivity contribution in [3.63, 3.8) is 0 Å². The summed E-state index contributed by atoms with van der Waals surface area (Å²) in [6.07, 6.45) is 5.79. The smallest absolute Gasteiger partial charge is 0.222 e. The van der Waals surface area contributed by atoms with E-state index < -0.39 is 0 Å². The van der Waals surface area contributed by atoms with Crippen LogP contribution in [0.4, 0.5) is 0 Å². The van der Waals surface area contributed by atoms with Crippen molar-refractivity contribution in [2.45, 2.75) is 43.9 Å². The molecule has 0 aromatic carbocycles. The van der Waals surface area contributed by atoms with Gasteiger partial charge in [-0.05, 0) is 31.1 Å². The molecule has 0 N–H and O–H groups in total. The Labute approximate surface area is 101 Å². The summed E-state index contributed by atoms with van der Waals surface area (Å²) in [5, 5.41) is 0. The summed E-state index contributed by atoms with van der Waals surface area (Å²) in [5.74, 6) is 1.70. The van der Waals surface area contributed by atoms with E-state index in [4.69, 9.17) is 0 Å². The molecule has 1 heterocycles. The van der Waals surface area contributed by atoms with Gasteiger partial charge in [-0.25, -0.2) is 0 Å². The highest BCUT2D eigenvalue weighted by Crippen LogP contribution is 2.31. The molecule has 1 aliphatic heterocycles. The zero-order valence-corrected chi connectivity index (χ0v) is 11.0. The van der Waals surface area contributed by atoms with Crippen molar-refractivity contribution < 1.29 is 4.79 Å². The molecular weight excluding hydrogens is 254 g/mol. The van der Waals surface area contributed by atoms with Crippen molar-refractivity contribution >= 4 is 21.8 Å². The molecule has 15 heavy (non-hydrogen) atoms. The van der Waals surface area contributed by atoms with Crippen molar-refractivity contribution in [1.82, 2.24) is 4.90 Å². The van der Waals surface area contributed by atoms with Crippen LogP contribution in [0.25, 0.3) is 0 Å². The fourth-order valence-corrected chi connectivity index (χ4v) is 2.79. The molecule has 2 unspecified atom stereocenters. The summed E-state index contributed by atoms with van der Waals surface area (Å²) < 4.78 is 0. The number of rotatable bonds is 2. The molecule has 1 saturated carbocycles. The number of alkyl halides is 1. The van der Waals surface area contributed by atoms with Crippen LogP contribution in [-0.4, -0.2) is 28.7 Å². The largest absolute Gasteiger partial charge is 0.342 e. The van der Waals surface area contributed by atoms with Gasteiger partial charge in [0.15, 0.2) is 0 Å². The second-order valence-corrected chi connectivity index (χ2v) is 6.30. The number of piperidine rings is 1. The Bertz CT molecular complexity index is 240. The first-order valence-corrected chi connectivity index (χ1v) is 7.00. The minimum atomic E-state index is 0.394. The van der Waals surface area contributed by atoms with Crippen LogP contribution in [0, 0.1) is 11.8 Å². The second kappa shape index (κ2) is 4.86. The van der Waals surface area contributed by atoms with E-state index in [9.17, 15) is 4.79 Å². The molecule has 1 saturated heterocycles. The summed E-state index contributed by atoms with van der Waals surface area (Å²) in [6.45, 7) is 4.12. The third-order valence-electron chi connectivity index (χ3n) is 3.84. The Balaban J connectivity index is 1.79. The van der Waals surface area contributed by atoms with E-state index in [1.54, 1.807) is 0 Å². The lowest BCUT2D eigenvalue weighted by Gasteiger charge is -2.36. The number of hydrogen-bond acceptors (Lipinski definition) is 1. The van der Waals surface area contributed by atoms with Crippen LogP contribution in [0.1, 0.15) is 39.0 Å². The van der Waals surface area contributed by atoms with Crippen LogP contribution < -0.4 is 0 Å². The number of halogens is 1. The third-order valence-corrected chi connectivity index (χ3v) is 5.20. The molecule has 2 atom stereocenters. The third kappa shape index (κ3) is 2.74. The van der Waals surface area contributed by atoms with Gasteiger partial charge in [0.1, 0.15) is 0 Å². The van der Waals surface area contributed by atoms with Gasteiger partial charge < -0.3 is 4.90 Å². The fourth-order valence-electron chi connectivity index (χ4n) is 2.42. The first kappa shape index (κ1) is 11.4. The fraction of sp³-hybridized carbons (Fsp3) is 0.917. The average Bonchev–Trinajstić information content (AvgIpc) is 2.15. The number of carbonyl (C=O) groups excluding carboxylic acids is 1. The molecule has 1 amide bonds. The number of hydrogen-bond donors (Lipinski definition) is 0. The molecule has 2 rings (SSSR count). The maximum Gasteiger partial charge on any atom is 0.222 e. The van der Waals surface area contributed by atoms with Crippen molar-refractivity contribution in [1.29, 1.82) is 0 Å². The van der Waals surface area contributed by atoms with Crippen molar-refractivity contribution in [3.05, 3.63) is 0 Å². The van der Waals surface area contributed by atoms with Gasteiger partial charge in [0, 0.05) is 24.3 Å². The zero-order valence-electron chi connectivity index (χ0n) is 9.42. The summed E-state index contributed by atoms with van der Waals surface area (Å²) in [4.78, 5) is 14.6. The van der Waals surface area contributed by atoms with Crippen LogP contribution in [0.3, 0.4) is 0 Å². The molecule has 3 heteroatoms. The summed E-state index contributed by atoms with van der Waals surface area (Å²) in [6, 6.07) is 0. The van der Waals surface area contributed by atoms with Gasteiger partial charge in [-0.3, -0.25) is 4.79 Å². The monoisotopic (exact) mass is 273 g/mol. The van der Waals surface area contributed by atoms with Gasteiger partial charge in [0.25, 0.3) is 0 Å². The van der Waals surface area contributed by atoms with E-state index in [0.29, 0.717) is 22.6 Å². The summed E-state index contributed by atoms with van der Waals surface area (Å²) in [5.41, 5.74) is 0. The number of amides is 1. The van der Waals surface area contributed by atoms with E-state index in [1.165, 1.54) is 19.3 Å². The molecule has 1 aliphatic carbocycles. The van der Waals surface area contributed by atoms with E-state index in [0.717, 1.165) is 25.9 Å². The van der Waals surface area contributed by atoms with Gasteiger partial charge in [-0.1, -0.05) is 29.3 Å². The van der Waals surface area contributed by atoms with Crippen LogP contribution >= 0.6 is 15.9 Å². The highest BCUT2D eigenvalue weighted by atomic mass is 79.9. The number of nitrogens with zero attached hydrogens (tertiary/aromatic N) is 1. The highest BCUT2D eigenvalue weighted by molar-refractivity contribution is 9.09.